The maximum absolute atomic E-state index is 13.7. The van der Waals surface area contributed by atoms with Crippen molar-refractivity contribution < 1.29 is 12.8 Å². The predicted molar refractivity (Wildman–Crippen MR) is 123 cm³/mol. The molecule has 0 saturated carbocycles. The van der Waals surface area contributed by atoms with Gasteiger partial charge in [-0.1, -0.05) is 53.0 Å². The summed E-state index contributed by atoms with van der Waals surface area (Å²) in [5.74, 6) is -0.595. The molecule has 4 nitrogen and oxygen atoms in total. The molecule has 0 bridgehead atoms. The van der Waals surface area contributed by atoms with Crippen LogP contribution in [-0.4, -0.2) is 32.4 Å². The molecule has 0 radical (unpaired) electrons. The van der Waals surface area contributed by atoms with Gasteiger partial charge in [-0.05, 0) is 54.1 Å². The second-order valence-electron chi connectivity index (χ2n) is 7.18. The molecule has 1 fully saturated rings. The van der Waals surface area contributed by atoms with Crippen LogP contribution < -0.4 is 4.90 Å². The summed E-state index contributed by atoms with van der Waals surface area (Å²) in [5, 5.41) is 1.58. The molecule has 3 aromatic rings. The van der Waals surface area contributed by atoms with E-state index in [1.807, 2.05) is 18.2 Å². The average molecular weight is 500 g/mol. The van der Waals surface area contributed by atoms with E-state index in [4.69, 9.17) is 34.8 Å². The van der Waals surface area contributed by atoms with Gasteiger partial charge in [-0.25, -0.2) is 12.8 Å². The average Bonchev–Trinajstić information content (AvgIpc) is 2.74. The maximum Gasteiger partial charge on any atom is 0.243 e. The summed E-state index contributed by atoms with van der Waals surface area (Å²) in [6.45, 7) is 0.782. The normalized spacial score (nSPS) is 17.7. The van der Waals surface area contributed by atoms with Crippen molar-refractivity contribution in [3.05, 3.63) is 93.2 Å². The Bertz CT molecular complexity index is 1210. The van der Waals surface area contributed by atoms with Crippen LogP contribution in [0.5, 0.6) is 0 Å². The van der Waals surface area contributed by atoms with E-state index in [2.05, 4.69) is 4.90 Å². The molecule has 0 aliphatic carbocycles. The van der Waals surface area contributed by atoms with Crippen molar-refractivity contribution in [2.24, 2.45) is 0 Å². The fraction of sp³-hybridized carbons (Fsp3) is 0.182. The highest BCUT2D eigenvalue weighted by Gasteiger charge is 2.36. The van der Waals surface area contributed by atoms with Crippen molar-refractivity contribution in [2.45, 2.75) is 10.9 Å². The molecule has 3 aromatic carbocycles. The van der Waals surface area contributed by atoms with E-state index < -0.39 is 15.8 Å². The SMILES string of the molecule is O=S(=O)(c1cccc(F)c1)N1CCN(c2ccc(Cl)cc2Cl)C(c2ccc(Cl)cc2)C1. The standard InChI is InChI=1S/C22H18Cl3FN2O2S/c23-16-6-4-15(5-7-16)22-14-27(31(29,30)19-3-1-2-18(26)13-19)10-11-28(22)21-9-8-17(24)12-20(21)25/h1-9,12-13,22H,10-11,14H2. The lowest BCUT2D eigenvalue weighted by Gasteiger charge is -2.42. The Morgan fingerprint density at radius 2 is 1.58 bits per heavy atom. The molecule has 1 heterocycles. The van der Waals surface area contributed by atoms with Crippen molar-refractivity contribution >= 4 is 50.5 Å². The van der Waals surface area contributed by atoms with E-state index in [0.29, 0.717) is 21.6 Å². The molecule has 1 saturated heterocycles. The quantitative estimate of drug-likeness (QED) is 0.439. The lowest BCUT2D eigenvalue weighted by atomic mass is 10.0. The highest BCUT2D eigenvalue weighted by Crippen LogP contribution is 2.38. The number of benzene rings is 3. The third kappa shape index (κ3) is 4.69. The van der Waals surface area contributed by atoms with Crippen LogP contribution in [0, 0.1) is 5.82 Å². The van der Waals surface area contributed by atoms with Crippen LogP contribution in [0.25, 0.3) is 0 Å². The lowest BCUT2D eigenvalue weighted by Crippen LogP contribution is -2.50. The molecule has 1 aliphatic rings. The lowest BCUT2D eigenvalue weighted by molar-refractivity contribution is 0.335. The molecule has 1 atom stereocenters. The fourth-order valence-corrected chi connectivity index (χ4v) is 5.84. The monoisotopic (exact) mass is 498 g/mol. The first-order valence-corrected chi connectivity index (χ1v) is 12.1. The highest BCUT2D eigenvalue weighted by molar-refractivity contribution is 7.89. The third-order valence-electron chi connectivity index (χ3n) is 5.25. The minimum atomic E-state index is -3.87. The Kier molecular flexibility index (Phi) is 6.47. The Morgan fingerprint density at radius 1 is 0.871 bits per heavy atom. The summed E-state index contributed by atoms with van der Waals surface area (Å²) >= 11 is 18.6. The Labute approximate surface area is 195 Å². The Hall–Kier alpha value is -1.83. The van der Waals surface area contributed by atoms with Crippen LogP contribution in [0.15, 0.2) is 71.6 Å². The number of hydrogen-bond donors (Lipinski definition) is 0. The molecule has 9 heteroatoms. The van der Waals surface area contributed by atoms with Crippen LogP contribution in [0.2, 0.25) is 15.1 Å². The molecule has 162 valence electrons. The van der Waals surface area contributed by atoms with Gasteiger partial charge in [0.2, 0.25) is 10.0 Å². The summed E-state index contributed by atoms with van der Waals surface area (Å²) in [4.78, 5) is 1.99. The molecule has 0 amide bonds. The second kappa shape index (κ2) is 8.96. The third-order valence-corrected chi connectivity index (χ3v) is 7.90. The van der Waals surface area contributed by atoms with Crippen LogP contribution in [0.1, 0.15) is 11.6 Å². The van der Waals surface area contributed by atoms with Gasteiger partial charge in [0.1, 0.15) is 5.82 Å². The van der Waals surface area contributed by atoms with Crippen molar-refractivity contribution in [1.29, 1.82) is 0 Å². The summed E-state index contributed by atoms with van der Waals surface area (Å²) < 4.78 is 41.5. The van der Waals surface area contributed by atoms with Gasteiger partial charge in [0.15, 0.2) is 0 Å². The van der Waals surface area contributed by atoms with Crippen molar-refractivity contribution in [2.75, 3.05) is 24.5 Å². The molecule has 1 aliphatic heterocycles. The summed E-state index contributed by atoms with van der Waals surface area (Å²) in [7, 11) is -3.87. The number of halogens is 4. The van der Waals surface area contributed by atoms with Crippen LogP contribution >= 0.6 is 34.8 Å². The Morgan fingerprint density at radius 3 is 2.26 bits per heavy atom. The minimum absolute atomic E-state index is 0.0691. The summed E-state index contributed by atoms with van der Waals surface area (Å²) in [6, 6.07) is 17.2. The van der Waals surface area contributed by atoms with Gasteiger partial charge in [0.05, 0.1) is 21.6 Å². The van der Waals surface area contributed by atoms with Gasteiger partial charge in [0, 0.05) is 29.7 Å². The number of rotatable bonds is 4. The summed E-state index contributed by atoms with van der Waals surface area (Å²) in [6.07, 6.45) is 0. The highest BCUT2D eigenvalue weighted by atomic mass is 35.5. The first kappa shape index (κ1) is 22.4. The molecule has 0 N–H and O–H groups in total. The first-order valence-electron chi connectivity index (χ1n) is 9.48. The van der Waals surface area contributed by atoms with E-state index in [-0.39, 0.29) is 24.0 Å². The molecule has 0 spiro atoms. The topological polar surface area (TPSA) is 40.6 Å². The molecule has 1 unspecified atom stereocenters. The van der Waals surface area contributed by atoms with Gasteiger partial charge in [0.25, 0.3) is 0 Å². The van der Waals surface area contributed by atoms with E-state index in [1.54, 1.807) is 24.3 Å². The molecule has 4 rings (SSSR count). The van der Waals surface area contributed by atoms with Crippen molar-refractivity contribution in [3.8, 4) is 0 Å². The second-order valence-corrected chi connectivity index (χ2v) is 10.4. The maximum atomic E-state index is 13.7. The van der Waals surface area contributed by atoms with Crippen molar-refractivity contribution in [1.82, 2.24) is 4.31 Å². The minimum Gasteiger partial charge on any atom is -0.361 e. The van der Waals surface area contributed by atoms with Gasteiger partial charge in [-0.3, -0.25) is 0 Å². The van der Waals surface area contributed by atoms with E-state index in [1.165, 1.54) is 22.5 Å². The predicted octanol–water partition coefficient (Wildman–Crippen LogP) is 6.04. The zero-order chi connectivity index (χ0) is 22.2. The van der Waals surface area contributed by atoms with Gasteiger partial charge in [-0.15, -0.1) is 0 Å². The van der Waals surface area contributed by atoms with Crippen LogP contribution in [-0.2, 0) is 10.0 Å². The van der Waals surface area contributed by atoms with Crippen LogP contribution in [0.3, 0.4) is 0 Å². The van der Waals surface area contributed by atoms with E-state index in [0.717, 1.165) is 17.3 Å². The van der Waals surface area contributed by atoms with Crippen molar-refractivity contribution in [3.63, 3.8) is 0 Å². The van der Waals surface area contributed by atoms with Gasteiger partial charge in [-0.2, -0.15) is 4.31 Å². The number of sulfonamides is 1. The zero-order valence-electron chi connectivity index (χ0n) is 16.2. The zero-order valence-corrected chi connectivity index (χ0v) is 19.3. The van der Waals surface area contributed by atoms with Gasteiger partial charge >= 0.3 is 0 Å². The fourth-order valence-electron chi connectivity index (χ4n) is 3.73. The van der Waals surface area contributed by atoms with Crippen LogP contribution in [0.4, 0.5) is 10.1 Å². The number of nitrogens with zero attached hydrogens (tertiary/aromatic N) is 2. The van der Waals surface area contributed by atoms with E-state index in [9.17, 15) is 12.8 Å². The molecule has 0 aromatic heterocycles. The van der Waals surface area contributed by atoms with E-state index >= 15 is 0 Å². The number of anilines is 1. The number of piperazine rings is 1. The molecular formula is C22H18Cl3FN2O2S. The molecular weight excluding hydrogens is 482 g/mol. The largest absolute Gasteiger partial charge is 0.361 e. The smallest absolute Gasteiger partial charge is 0.243 e. The Balaban J connectivity index is 1.73. The summed E-state index contributed by atoms with van der Waals surface area (Å²) in [5.41, 5.74) is 1.64. The van der Waals surface area contributed by atoms with Gasteiger partial charge < -0.3 is 4.90 Å². The number of hydrogen-bond acceptors (Lipinski definition) is 3. The first-order chi connectivity index (χ1) is 14.8. The molecule has 31 heavy (non-hydrogen) atoms.